The van der Waals surface area contributed by atoms with Gasteiger partial charge in [0.25, 0.3) is 0 Å². The summed E-state index contributed by atoms with van der Waals surface area (Å²) in [6, 6.07) is 0.161. The van der Waals surface area contributed by atoms with Crippen LogP contribution in [0, 0.1) is 0 Å². The number of allylic oxidation sites excluding steroid dienone is 5. The summed E-state index contributed by atoms with van der Waals surface area (Å²) < 4.78 is 0. The van der Waals surface area contributed by atoms with Gasteiger partial charge in [-0.25, -0.2) is 0 Å². The fraction of sp³-hybridized carbons (Fsp3) is 0.533. The second-order valence-corrected chi connectivity index (χ2v) is 3.97. The minimum Gasteiger partial charge on any atom is -0.337 e. The van der Waals surface area contributed by atoms with Gasteiger partial charge in [-0.15, -0.1) is 0 Å². The second kappa shape index (κ2) is 12.7. The van der Waals surface area contributed by atoms with Gasteiger partial charge in [0.1, 0.15) is 0 Å². The van der Waals surface area contributed by atoms with E-state index in [9.17, 15) is 4.79 Å². The van der Waals surface area contributed by atoms with E-state index in [2.05, 4.69) is 13.0 Å². The third kappa shape index (κ3) is 8.38. The molecule has 0 spiro atoms. The number of rotatable bonds is 7. The molecule has 1 atom stereocenters. The molecule has 101 valence electrons. The first-order valence-electron chi connectivity index (χ1n) is 6.42. The van der Waals surface area contributed by atoms with Crippen molar-refractivity contribution in [2.45, 2.75) is 46.6 Å². The molecule has 0 bridgehead atoms. The van der Waals surface area contributed by atoms with Gasteiger partial charge in [-0.05, 0) is 27.2 Å². The summed E-state index contributed by atoms with van der Waals surface area (Å²) in [4.78, 5) is 13.7. The molecule has 0 N–H and O–H groups in total. The summed E-state index contributed by atoms with van der Waals surface area (Å²) in [6.07, 6.45) is 13.5. The molecule has 0 aliphatic rings. The smallest absolute Gasteiger partial charge is 0.223 e. The Kier molecular flexibility index (Phi) is 13.9. The molecule has 18 heavy (non-hydrogen) atoms. The van der Waals surface area contributed by atoms with Crippen molar-refractivity contribution in [1.82, 2.24) is 4.90 Å². The van der Waals surface area contributed by atoms with Crippen LogP contribution < -0.4 is 0 Å². The minimum atomic E-state index is 0. The average molecular weight is 286 g/mol. The van der Waals surface area contributed by atoms with E-state index in [0.29, 0.717) is 6.42 Å². The predicted octanol–water partition coefficient (Wildman–Crippen LogP) is 3.71. The Morgan fingerprint density at radius 2 is 1.78 bits per heavy atom. The molecular weight excluding hydrogens is 261 g/mol. The van der Waals surface area contributed by atoms with Gasteiger partial charge < -0.3 is 4.90 Å². The molecule has 0 aromatic heterocycles. The van der Waals surface area contributed by atoms with Crippen LogP contribution >= 0.6 is 0 Å². The third-order valence-electron chi connectivity index (χ3n) is 2.53. The van der Waals surface area contributed by atoms with Crippen LogP contribution in [0.25, 0.3) is 0 Å². The molecule has 3 heteroatoms. The van der Waals surface area contributed by atoms with Crippen LogP contribution in [-0.4, -0.2) is 23.4 Å². The van der Waals surface area contributed by atoms with Crippen LogP contribution in [-0.2, 0) is 23.4 Å². The molecule has 1 amide bonds. The van der Waals surface area contributed by atoms with Gasteiger partial charge in [-0.1, -0.05) is 43.4 Å². The molecule has 0 aliphatic carbocycles. The molecule has 0 aromatic carbocycles. The molecule has 0 saturated carbocycles. The summed E-state index contributed by atoms with van der Waals surface area (Å²) in [5, 5.41) is 0. The molecule has 2 nitrogen and oxygen atoms in total. The van der Waals surface area contributed by atoms with Crippen LogP contribution in [0.15, 0.2) is 36.5 Å². The fourth-order valence-corrected chi connectivity index (χ4v) is 1.62. The van der Waals surface area contributed by atoms with Gasteiger partial charge in [0, 0.05) is 37.6 Å². The molecule has 0 rings (SSSR count). The average Bonchev–Trinajstić information content (AvgIpc) is 2.30. The van der Waals surface area contributed by atoms with Crippen molar-refractivity contribution in [3.05, 3.63) is 36.5 Å². The van der Waals surface area contributed by atoms with Crippen molar-refractivity contribution in [3.8, 4) is 0 Å². The largest absolute Gasteiger partial charge is 0.337 e. The summed E-state index contributed by atoms with van der Waals surface area (Å²) in [7, 11) is 0. The van der Waals surface area contributed by atoms with Crippen molar-refractivity contribution in [2.75, 3.05) is 6.54 Å². The Morgan fingerprint density at radius 3 is 2.28 bits per heavy atom. The third-order valence-corrected chi connectivity index (χ3v) is 2.53. The Balaban J connectivity index is 0. The normalized spacial score (nSPS) is 13.1. The van der Waals surface area contributed by atoms with Crippen molar-refractivity contribution in [3.63, 3.8) is 0 Å². The summed E-state index contributed by atoms with van der Waals surface area (Å²) in [5.41, 5.74) is 0. The molecule has 0 aliphatic heterocycles. The van der Waals surface area contributed by atoms with Gasteiger partial charge in [0.05, 0.1) is 0 Å². The van der Waals surface area contributed by atoms with Crippen LogP contribution in [0.4, 0.5) is 0 Å². The molecule has 0 saturated heterocycles. The Hall–Kier alpha value is -0.726. The molecule has 0 unspecified atom stereocenters. The van der Waals surface area contributed by atoms with E-state index >= 15 is 0 Å². The summed E-state index contributed by atoms with van der Waals surface area (Å²) >= 11 is 0. The molecular formula is C15H25NOV. The Labute approximate surface area is 124 Å². The zero-order valence-electron chi connectivity index (χ0n) is 12.0. The van der Waals surface area contributed by atoms with E-state index < -0.39 is 0 Å². The molecule has 0 heterocycles. The van der Waals surface area contributed by atoms with Crippen molar-refractivity contribution in [2.24, 2.45) is 0 Å². The van der Waals surface area contributed by atoms with E-state index in [0.717, 1.165) is 13.0 Å². The number of carbonyl (C=O) groups excluding carboxylic acids is 1. The monoisotopic (exact) mass is 286 g/mol. The van der Waals surface area contributed by atoms with Gasteiger partial charge in [0.15, 0.2) is 0 Å². The first-order valence-corrected chi connectivity index (χ1v) is 6.42. The summed E-state index contributed by atoms with van der Waals surface area (Å²) in [6.45, 7) is 8.86. The predicted molar refractivity (Wildman–Crippen MR) is 74.9 cm³/mol. The molecule has 0 aromatic rings. The second-order valence-electron chi connectivity index (χ2n) is 3.97. The number of carbonyl (C=O) groups is 1. The van der Waals surface area contributed by atoms with E-state index in [1.807, 2.05) is 56.1 Å². The SMILES string of the molecule is C\C=C/C=C\C=C\[C@@H](C)N(CC)C(=O)CCC.[V]. The van der Waals surface area contributed by atoms with Crippen molar-refractivity contribution < 1.29 is 23.4 Å². The van der Waals surface area contributed by atoms with Crippen LogP contribution in [0.1, 0.15) is 40.5 Å². The van der Waals surface area contributed by atoms with E-state index in [1.165, 1.54) is 0 Å². The standard InChI is InChI=1S/C15H25NO.V/c1-5-8-9-10-11-13-14(4)16(7-3)15(17)12-6-2;/h5,8-11,13-14H,6-7,12H2,1-4H3;/b8-5-,10-9-,13-11+;/t14-;/m1./s1. The number of amides is 1. The molecule has 1 radical (unpaired) electrons. The van der Waals surface area contributed by atoms with Crippen LogP contribution in [0.2, 0.25) is 0 Å². The quantitative estimate of drug-likeness (QED) is 0.653. The van der Waals surface area contributed by atoms with Crippen molar-refractivity contribution >= 4 is 5.91 Å². The zero-order chi connectivity index (χ0) is 13.1. The van der Waals surface area contributed by atoms with Crippen molar-refractivity contribution in [1.29, 1.82) is 0 Å². The van der Waals surface area contributed by atoms with Crippen LogP contribution in [0.5, 0.6) is 0 Å². The van der Waals surface area contributed by atoms with Gasteiger partial charge in [-0.3, -0.25) is 4.79 Å². The number of hydrogen-bond acceptors (Lipinski definition) is 1. The van der Waals surface area contributed by atoms with E-state index in [-0.39, 0.29) is 30.5 Å². The Bertz CT molecular complexity index is 295. The van der Waals surface area contributed by atoms with Crippen LogP contribution in [0.3, 0.4) is 0 Å². The minimum absolute atomic E-state index is 0. The van der Waals surface area contributed by atoms with E-state index in [4.69, 9.17) is 0 Å². The van der Waals surface area contributed by atoms with Gasteiger partial charge in [-0.2, -0.15) is 0 Å². The molecule has 0 fully saturated rings. The number of nitrogens with zero attached hydrogens (tertiary/aromatic N) is 1. The first-order chi connectivity index (χ1) is 8.17. The zero-order valence-corrected chi connectivity index (χ0v) is 13.4. The van der Waals surface area contributed by atoms with Gasteiger partial charge >= 0.3 is 0 Å². The number of likely N-dealkylation sites (N-methyl/N-ethyl adjacent to an activating group) is 1. The summed E-state index contributed by atoms with van der Waals surface area (Å²) in [5.74, 6) is 0.240. The maximum absolute atomic E-state index is 11.8. The fourth-order valence-electron chi connectivity index (χ4n) is 1.62. The number of hydrogen-bond donors (Lipinski definition) is 0. The van der Waals surface area contributed by atoms with Gasteiger partial charge in [0.2, 0.25) is 5.91 Å². The topological polar surface area (TPSA) is 20.3 Å². The maximum atomic E-state index is 11.8. The first kappa shape index (κ1) is 19.6. The Morgan fingerprint density at radius 1 is 1.17 bits per heavy atom. The maximum Gasteiger partial charge on any atom is 0.223 e. The van der Waals surface area contributed by atoms with E-state index in [1.54, 1.807) is 0 Å².